The van der Waals surface area contributed by atoms with E-state index in [1.165, 1.54) is 31.1 Å². The number of carbonyl (C=O) groups excluding carboxylic acids is 1. The first kappa shape index (κ1) is 20.4. The van der Waals surface area contributed by atoms with Gasteiger partial charge in [0.05, 0.1) is 17.0 Å². The molecule has 0 spiro atoms. The summed E-state index contributed by atoms with van der Waals surface area (Å²) in [5.41, 5.74) is 1.74. The molecular formula is C19H22N2O5S. The number of anilines is 1. The molecule has 2 rings (SSSR count). The van der Waals surface area contributed by atoms with Gasteiger partial charge in [-0.1, -0.05) is 17.7 Å². The largest absolute Gasteiger partial charge is 0.481 e. The zero-order chi connectivity index (χ0) is 20.2. The minimum atomic E-state index is -3.70. The van der Waals surface area contributed by atoms with Crippen molar-refractivity contribution in [2.45, 2.75) is 18.2 Å². The molecule has 0 saturated heterocycles. The molecule has 0 saturated carbocycles. The molecule has 0 aliphatic carbocycles. The van der Waals surface area contributed by atoms with Crippen molar-refractivity contribution in [3.05, 3.63) is 59.7 Å². The molecule has 0 bridgehead atoms. The molecule has 0 heterocycles. The van der Waals surface area contributed by atoms with E-state index in [0.717, 1.165) is 9.87 Å². The standard InChI is InChI=1S/C19H22N2O5S/c1-14-4-10-17(11-5-14)27(25,26)21(3)16-8-6-15(7-9-16)19(24)20(2)13-12-18(22)23/h4-11H,12-13H2,1-3H3,(H,22,23). The Morgan fingerprint density at radius 2 is 1.52 bits per heavy atom. The fourth-order valence-electron chi connectivity index (χ4n) is 2.41. The average Bonchev–Trinajstić information content (AvgIpc) is 2.65. The van der Waals surface area contributed by atoms with Crippen LogP contribution in [0.4, 0.5) is 5.69 Å². The molecule has 7 nitrogen and oxygen atoms in total. The van der Waals surface area contributed by atoms with Crippen LogP contribution in [0, 0.1) is 6.92 Å². The van der Waals surface area contributed by atoms with Crippen LogP contribution in [0.1, 0.15) is 22.3 Å². The summed E-state index contributed by atoms with van der Waals surface area (Å²) in [4.78, 5) is 24.4. The van der Waals surface area contributed by atoms with Crippen molar-refractivity contribution >= 4 is 27.6 Å². The van der Waals surface area contributed by atoms with E-state index in [4.69, 9.17) is 5.11 Å². The number of nitrogens with zero attached hydrogens (tertiary/aromatic N) is 2. The van der Waals surface area contributed by atoms with Gasteiger partial charge in [-0.2, -0.15) is 0 Å². The minimum absolute atomic E-state index is 0.0949. The van der Waals surface area contributed by atoms with Gasteiger partial charge in [0.15, 0.2) is 0 Å². The summed E-state index contributed by atoms with van der Waals surface area (Å²) in [5.74, 6) is -1.31. The van der Waals surface area contributed by atoms with Crippen LogP contribution in [-0.4, -0.2) is 50.9 Å². The zero-order valence-corrected chi connectivity index (χ0v) is 16.2. The number of aliphatic carboxylic acids is 1. The van der Waals surface area contributed by atoms with Gasteiger partial charge >= 0.3 is 5.97 Å². The molecule has 27 heavy (non-hydrogen) atoms. The molecule has 2 aromatic rings. The van der Waals surface area contributed by atoms with Crippen molar-refractivity contribution in [2.24, 2.45) is 0 Å². The van der Waals surface area contributed by atoms with Crippen molar-refractivity contribution in [3.63, 3.8) is 0 Å². The number of benzene rings is 2. The van der Waals surface area contributed by atoms with Crippen LogP contribution < -0.4 is 4.31 Å². The molecule has 0 aromatic heterocycles. The Balaban J connectivity index is 2.17. The van der Waals surface area contributed by atoms with Crippen LogP contribution >= 0.6 is 0 Å². The van der Waals surface area contributed by atoms with Crippen molar-refractivity contribution in [1.82, 2.24) is 4.90 Å². The molecule has 0 aliphatic heterocycles. The second-order valence-corrected chi connectivity index (χ2v) is 8.17. The highest BCUT2D eigenvalue weighted by Crippen LogP contribution is 2.23. The number of sulfonamides is 1. The Kier molecular flexibility index (Phi) is 6.22. The summed E-state index contributed by atoms with van der Waals surface area (Å²) in [6, 6.07) is 12.7. The lowest BCUT2D eigenvalue weighted by molar-refractivity contribution is -0.137. The third-order valence-electron chi connectivity index (χ3n) is 4.17. The molecule has 0 fully saturated rings. The number of aryl methyl sites for hydroxylation is 1. The summed E-state index contributed by atoms with van der Waals surface area (Å²) in [6.07, 6.45) is -0.141. The first-order chi connectivity index (χ1) is 12.6. The fraction of sp³-hybridized carbons (Fsp3) is 0.263. The average molecular weight is 390 g/mol. The number of carboxylic acid groups (broad SMARTS) is 1. The zero-order valence-electron chi connectivity index (χ0n) is 15.4. The number of carbonyl (C=O) groups is 2. The number of hydrogen-bond acceptors (Lipinski definition) is 4. The predicted molar refractivity (Wildman–Crippen MR) is 102 cm³/mol. The third kappa shape index (κ3) is 4.85. The molecule has 0 atom stereocenters. The van der Waals surface area contributed by atoms with Crippen LogP contribution in [0.15, 0.2) is 53.4 Å². The summed E-state index contributed by atoms with van der Waals surface area (Å²) in [6.45, 7) is 1.97. The second-order valence-electron chi connectivity index (χ2n) is 6.20. The van der Waals surface area contributed by atoms with Gasteiger partial charge in [0.2, 0.25) is 0 Å². The van der Waals surface area contributed by atoms with Crippen LogP contribution in [0.5, 0.6) is 0 Å². The maximum Gasteiger partial charge on any atom is 0.305 e. The SMILES string of the molecule is Cc1ccc(S(=O)(=O)N(C)c2ccc(C(=O)N(C)CCC(=O)O)cc2)cc1. The highest BCUT2D eigenvalue weighted by molar-refractivity contribution is 7.92. The summed E-state index contributed by atoms with van der Waals surface area (Å²) >= 11 is 0. The van der Waals surface area contributed by atoms with E-state index in [1.807, 2.05) is 6.92 Å². The molecule has 0 radical (unpaired) electrons. The number of carboxylic acids is 1. The number of rotatable bonds is 7. The first-order valence-corrected chi connectivity index (χ1v) is 9.70. The molecular weight excluding hydrogens is 368 g/mol. The summed E-state index contributed by atoms with van der Waals surface area (Å²) in [5, 5.41) is 8.70. The van der Waals surface area contributed by atoms with E-state index in [0.29, 0.717) is 11.3 Å². The Morgan fingerprint density at radius 1 is 0.963 bits per heavy atom. The van der Waals surface area contributed by atoms with E-state index in [-0.39, 0.29) is 23.8 Å². The number of hydrogen-bond donors (Lipinski definition) is 1. The molecule has 2 aromatic carbocycles. The lowest BCUT2D eigenvalue weighted by Gasteiger charge is -2.20. The summed E-state index contributed by atoms with van der Waals surface area (Å²) in [7, 11) is -0.733. The Morgan fingerprint density at radius 3 is 2.04 bits per heavy atom. The van der Waals surface area contributed by atoms with E-state index < -0.39 is 16.0 Å². The highest BCUT2D eigenvalue weighted by Gasteiger charge is 2.21. The van der Waals surface area contributed by atoms with Crippen molar-refractivity contribution in [2.75, 3.05) is 24.9 Å². The molecule has 144 valence electrons. The van der Waals surface area contributed by atoms with Crippen LogP contribution in [-0.2, 0) is 14.8 Å². The first-order valence-electron chi connectivity index (χ1n) is 8.26. The third-order valence-corrected chi connectivity index (χ3v) is 5.96. The molecule has 1 N–H and O–H groups in total. The van der Waals surface area contributed by atoms with E-state index in [1.54, 1.807) is 36.4 Å². The Labute approximate surface area is 158 Å². The Hall–Kier alpha value is -2.87. The van der Waals surface area contributed by atoms with Gasteiger partial charge in [-0.15, -0.1) is 0 Å². The van der Waals surface area contributed by atoms with E-state index in [2.05, 4.69) is 0 Å². The van der Waals surface area contributed by atoms with Crippen LogP contribution in [0.2, 0.25) is 0 Å². The van der Waals surface area contributed by atoms with Gasteiger partial charge in [0.1, 0.15) is 0 Å². The van der Waals surface area contributed by atoms with Gasteiger partial charge in [0.25, 0.3) is 15.9 Å². The molecule has 8 heteroatoms. The van der Waals surface area contributed by atoms with Crippen LogP contribution in [0.3, 0.4) is 0 Å². The van der Waals surface area contributed by atoms with Crippen molar-refractivity contribution < 1.29 is 23.1 Å². The quantitative estimate of drug-likeness (QED) is 0.783. The van der Waals surface area contributed by atoms with Crippen LogP contribution in [0.25, 0.3) is 0 Å². The van der Waals surface area contributed by atoms with Gasteiger partial charge in [0, 0.05) is 26.2 Å². The predicted octanol–water partition coefficient (Wildman–Crippen LogP) is 2.37. The maximum atomic E-state index is 12.7. The topological polar surface area (TPSA) is 95.0 Å². The van der Waals surface area contributed by atoms with E-state index in [9.17, 15) is 18.0 Å². The lowest BCUT2D eigenvalue weighted by Crippen LogP contribution is -2.29. The highest BCUT2D eigenvalue weighted by atomic mass is 32.2. The van der Waals surface area contributed by atoms with Gasteiger partial charge in [-0.05, 0) is 43.3 Å². The fourth-order valence-corrected chi connectivity index (χ4v) is 3.60. The maximum absolute atomic E-state index is 12.7. The second kappa shape index (κ2) is 8.22. The van der Waals surface area contributed by atoms with Crippen molar-refractivity contribution in [1.29, 1.82) is 0 Å². The Bertz CT molecular complexity index is 922. The summed E-state index contributed by atoms with van der Waals surface area (Å²) < 4.78 is 26.6. The molecule has 1 amide bonds. The van der Waals surface area contributed by atoms with Gasteiger partial charge < -0.3 is 10.0 Å². The monoisotopic (exact) mass is 390 g/mol. The van der Waals surface area contributed by atoms with Gasteiger partial charge in [-0.3, -0.25) is 13.9 Å². The normalized spacial score (nSPS) is 11.1. The number of amides is 1. The molecule has 0 unspecified atom stereocenters. The van der Waals surface area contributed by atoms with E-state index >= 15 is 0 Å². The van der Waals surface area contributed by atoms with Crippen molar-refractivity contribution in [3.8, 4) is 0 Å². The minimum Gasteiger partial charge on any atom is -0.481 e. The van der Waals surface area contributed by atoms with Gasteiger partial charge in [-0.25, -0.2) is 8.42 Å². The molecule has 0 aliphatic rings. The smallest absolute Gasteiger partial charge is 0.305 e. The lowest BCUT2D eigenvalue weighted by atomic mass is 10.2.